The van der Waals surface area contributed by atoms with Crippen LogP contribution >= 0.6 is 0 Å². The Bertz CT molecular complexity index is 847. The third kappa shape index (κ3) is 2.94. The number of hydrogen-bond donors (Lipinski definition) is 6. The minimum atomic E-state index is -1.33. The van der Waals surface area contributed by atoms with E-state index in [2.05, 4.69) is 27.7 Å². The van der Waals surface area contributed by atoms with Crippen LogP contribution in [-0.2, 0) is 4.79 Å². The van der Waals surface area contributed by atoms with Gasteiger partial charge in [0.15, 0.2) is 0 Å². The average molecular weight is 481 g/mol. The maximum Gasteiger partial charge on any atom is 0.143 e. The fraction of sp³-hybridized carbons (Fsp3) is 0.963. The number of carbonyl (C=O) groups is 1. The lowest BCUT2D eigenvalue weighted by atomic mass is 9.42. The molecule has 0 radical (unpaired) electrons. The van der Waals surface area contributed by atoms with E-state index in [4.69, 9.17) is 0 Å². The second kappa shape index (κ2) is 7.72. The Balaban J connectivity index is 1.58. The lowest BCUT2D eigenvalue weighted by molar-refractivity contribution is -0.272. The van der Waals surface area contributed by atoms with Gasteiger partial charge >= 0.3 is 0 Å². The second-order valence-corrected chi connectivity index (χ2v) is 13.7. The van der Waals surface area contributed by atoms with Gasteiger partial charge in [-0.25, -0.2) is 0 Å². The van der Waals surface area contributed by atoms with Gasteiger partial charge in [0, 0.05) is 17.3 Å². The van der Waals surface area contributed by atoms with Crippen molar-refractivity contribution < 1.29 is 35.4 Å². The Morgan fingerprint density at radius 2 is 1.62 bits per heavy atom. The molecule has 0 amide bonds. The van der Waals surface area contributed by atoms with Crippen LogP contribution in [0.25, 0.3) is 0 Å². The molecule has 5 rings (SSSR count). The summed E-state index contributed by atoms with van der Waals surface area (Å²) in [6, 6.07) is 0. The number of carbonyl (C=O) groups excluding carboxylic acids is 1. The number of Topliss-reactive ketones (excluding diaryl/α,β-unsaturated/α-hetero) is 1. The molecule has 0 spiro atoms. The quantitative estimate of drug-likeness (QED) is 0.348. The van der Waals surface area contributed by atoms with Crippen molar-refractivity contribution in [3.8, 4) is 0 Å². The van der Waals surface area contributed by atoms with Crippen molar-refractivity contribution >= 4 is 5.78 Å². The molecule has 5 aliphatic carbocycles. The van der Waals surface area contributed by atoms with Crippen LogP contribution in [0.4, 0.5) is 0 Å². The molecule has 0 saturated heterocycles. The predicted octanol–water partition coefficient (Wildman–Crippen LogP) is 1.11. The maximum absolute atomic E-state index is 14.2. The van der Waals surface area contributed by atoms with Crippen molar-refractivity contribution in [3.05, 3.63) is 0 Å². The molecule has 6 N–H and O–H groups in total. The molecule has 34 heavy (non-hydrogen) atoms. The normalized spacial score (nSPS) is 61.1. The zero-order chi connectivity index (χ0) is 25.1. The molecular formula is C27H44O7. The molecule has 0 aliphatic heterocycles. The minimum absolute atomic E-state index is 0.00822. The first-order chi connectivity index (χ1) is 15.7. The summed E-state index contributed by atoms with van der Waals surface area (Å²) in [5.41, 5.74) is -2.38. The fourth-order valence-electron chi connectivity index (χ4n) is 10.5. The van der Waals surface area contributed by atoms with Gasteiger partial charge in [0.25, 0.3) is 0 Å². The predicted molar refractivity (Wildman–Crippen MR) is 124 cm³/mol. The van der Waals surface area contributed by atoms with E-state index in [1.807, 2.05) is 6.92 Å². The highest BCUT2D eigenvalue weighted by molar-refractivity contribution is 5.89. The molecule has 0 aromatic heterocycles. The van der Waals surface area contributed by atoms with Crippen molar-refractivity contribution in [1.82, 2.24) is 0 Å². The summed E-state index contributed by atoms with van der Waals surface area (Å²) < 4.78 is 0. The van der Waals surface area contributed by atoms with E-state index in [0.29, 0.717) is 19.3 Å². The number of ketones is 1. The number of aliphatic hydroxyl groups excluding tert-OH is 5. The maximum atomic E-state index is 14.2. The fourth-order valence-corrected chi connectivity index (χ4v) is 10.5. The van der Waals surface area contributed by atoms with E-state index in [9.17, 15) is 35.4 Å². The van der Waals surface area contributed by atoms with Crippen LogP contribution in [0, 0.1) is 58.2 Å². The van der Waals surface area contributed by atoms with Gasteiger partial charge in [-0.2, -0.15) is 0 Å². The van der Waals surface area contributed by atoms with E-state index >= 15 is 0 Å². The zero-order valence-corrected chi connectivity index (χ0v) is 21.1. The van der Waals surface area contributed by atoms with Crippen molar-refractivity contribution in [2.75, 3.05) is 0 Å². The number of fused-ring (bicyclic) bond motifs is 7. The summed E-state index contributed by atoms with van der Waals surface area (Å²) in [4.78, 5) is 14.2. The molecule has 0 bridgehead atoms. The summed E-state index contributed by atoms with van der Waals surface area (Å²) in [6.45, 7) is 10.2. The SMILES string of the molecule is CC(C)C[C@]1(O)C[C@@H](C)[C@H]2[C@@H]1C(=O)[C@@H]1C3C(O)[C@H](O)[C@H]4C[C@H](O)[C@@H](O)[C@@H](O)[C@]4(C)C3CC[C@]21C. The molecule has 3 unspecified atom stereocenters. The van der Waals surface area contributed by atoms with Gasteiger partial charge < -0.3 is 30.6 Å². The second-order valence-electron chi connectivity index (χ2n) is 13.7. The third-order valence-corrected chi connectivity index (χ3v) is 11.5. The Hall–Kier alpha value is -0.570. The lowest BCUT2D eigenvalue weighted by Crippen LogP contribution is -2.71. The molecule has 7 heteroatoms. The largest absolute Gasteiger partial charge is 0.390 e. The highest BCUT2D eigenvalue weighted by Gasteiger charge is 2.75. The molecular weight excluding hydrogens is 436 g/mol. The van der Waals surface area contributed by atoms with E-state index in [0.717, 1.165) is 6.42 Å². The number of hydrogen-bond acceptors (Lipinski definition) is 7. The summed E-state index contributed by atoms with van der Waals surface area (Å²) in [5, 5.41) is 66.5. The van der Waals surface area contributed by atoms with E-state index in [-0.39, 0.29) is 35.9 Å². The summed E-state index contributed by atoms with van der Waals surface area (Å²) in [7, 11) is 0. The van der Waals surface area contributed by atoms with Crippen molar-refractivity contribution in [2.24, 2.45) is 58.2 Å². The van der Waals surface area contributed by atoms with Crippen LogP contribution in [0.1, 0.15) is 66.7 Å². The van der Waals surface area contributed by atoms with E-state index in [1.54, 1.807) is 0 Å². The molecule has 15 atom stereocenters. The zero-order valence-electron chi connectivity index (χ0n) is 21.1. The number of aliphatic hydroxyl groups is 6. The summed E-state index contributed by atoms with van der Waals surface area (Å²) in [5.74, 6) is -1.94. The first kappa shape index (κ1) is 25.1. The first-order valence-electron chi connectivity index (χ1n) is 13.4. The molecule has 5 fully saturated rings. The average Bonchev–Trinajstić information content (AvgIpc) is 3.15. The van der Waals surface area contributed by atoms with Crippen LogP contribution in [0.3, 0.4) is 0 Å². The molecule has 7 nitrogen and oxygen atoms in total. The smallest absolute Gasteiger partial charge is 0.143 e. The standard InChI is InChI=1S/C27H44O7/c1-11(2)9-27(34)10-12(3)17-19(27)23(32)18-16-13(6-7-25(17,18)4)26(5)14(20(29)22(16)31)8-15(28)21(30)24(26)33/h11-22,24,28-31,33-34H,6-10H2,1-5H3/t12-,13?,14-,15+,16?,17+,18+,19-,20-,21-,22?,24-,25-,26-,27+/m1/s1. The molecule has 5 saturated carbocycles. The molecule has 0 aromatic rings. The summed E-state index contributed by atoms with van der Waals surface area (Å²) in [6.07, 6.45) is -3.43. The Labute approximate surface area is 202 Å². The Kier molecular flexibility index (Phi) is 5.70. The molecule has 194 valence electrons. The molecule has 0 aromatic carbocycles. The minimum Gasteiger partial charge on any atom is -0.390 e. The van der Waals surface area contributed by atoms with Crippen molar-refractivity contribution in [3.63, 3.8) is 0 Å². The van der Waals surface area contributed by atoms with Gasteiger partial charge in [0.05, 0.1) is 35.9 Å². The molecule has 0 heterocycles. The topological polar surface area (TPSA) is 138 Å². The van der Waals surface area contributed by atoms with Gasteiger partial charge in [-0.15, -0.1) is 0 Å². The highest BCUT2D eigenvalue weighted by Crippen LogP contribution is 2.71. The van der Waals surface area contributed by atoms with Crippen LogP contribution in [-0.4, -0.2) is 72.5 Å². The number of rotatable bonds is 2. The monoisotopic (exact) mass is 480 g/mol. The molecule has 5 aliphatic rings. The van der Waals surface area contributed by atoms with Gasteiger partial charge in [0.1, 0.15) is 11.9 Å². The lowest BCUT2D eigenvalue weighted by Gasteiger charge is -2.64. The van der Waals surface area contributed by atoms with Crippen LogP contribution in [0.5, 0.6) is 0 Å². The highest BCUT2D eigenvalue weighted by atomic mass is 16.4. The van der Waals surface area contributed by atoms with Crippen molar-refractivity contribution in [2.45, 2.75) is 103 Å². The van der Waals surface area contributed by atoms with E-state index < -0.39 is 70.6 Å². The van der Waals surface area contributed by atoms with Crippen LogP contribution in [0.2, 0.25) is 0 Å². The van der Waals surface area contributed by atoms with Crippen LogP contribution < -0.4 is 0 Å². The van der Waals surface area contributed by atoms with Gasteiger partial charge in [0.2, 0.25) is 0 Å². The summed E-state index contributed by atoms with van der Waals surface area (Å²) >= 11 is 0. The first-order valence-corrected chi connectivity index (χ1v) is 13.4. The van der Waals surface area contributed by atoms with Gasteiger partial charge in [-0.1, -0.05) is 34.6 Å². The third-order valence-electron chi connectivity index (χ3n) is 11.5. The van der Waals surface area contributed by atoms with Gasteiger partial charge in [-0.05, 0) is 67.1 Å². The van der Waals surface area contributed by atoms with Gasteiger partial charge in [-0.3, -0.25) is 4.79 Å². The van der Waals surface area contributed by atoms with Crippen LogP contribution in [0.15, 0.2) is 0 Å². The Morgan fingerprint density at radius 3 is 2.24 bits per heavy atom. The van der Waals surface area contributed by atoms with E-state index in [1.165, 1.54) is 0 Å². The van der Waals surface area contributed by atoms with Crippen molar-refractivity contribution in [1.29, 1.82) is 0 Å². The Morgan fingerprint density at radius 1 is 0.971 bits per heavy atom.